The molecule has 0 bridgehead atoms. The number of esters is 1. The Morgan fingerprint density at radius 1 is 1.62 bits per heavy atom. The van der Waals surface area contributed by atoms with Crippen LogP contribution in [0.15, 0.2) is 18.3 Å². The molecule has 0 atom stereocenters. The molecule has 5 heteroatoms. The van der Waals surface area contributed by atoms with Crippen LogP contribution in [-0.2, 0) is 4.74 Å². The number of hydrogen-bond donors (Lipinski definition) is 2. The summed E-state index contributed by atoms with van der Waals surface area (Å²) in [5.74, 6) is 0.231. The van der Waals surface area contributed by atoms with E-state index in [-0.39, 0.29) is 11.5 Å². The lowest BCUT2D eigenvalue weighted by atomic mass is 10.1. The zero-order valence-electron chi connectivity index (χ0n) is 9.78. The number of nitrogens with two attached hydrogens (primary N) is 1. The third-order valence-electron chi connectivity index (χ3n) is 2.16. The molecule has 0 aliphatic heterocycles. The van der Waals surface area contributed by atoms with E-state index in [1.165, 1.54) is 7.11 Å². The first-order chi connectivity index (χ1) is 7.48. The van der Waals surface area contributed by atoms with Crippen molar-refractivity contribution in [2.24, 2.45) is 5.73 Å². The maximum absolute atomic E-state index is 11.3. The summed E-state index contributed by atoms with van der Waals surface area (Å²) in [5.41, 5.74) is 5.80. The van der Waals surface area contributed by atoms with Crippen molar-refractivity contribution in [1.82, 2.24) is 4.98 Å². The fraction of sp³-hybridized carbons (Fsp3) is 0.455. The zero-order chi connectivity index (χ0) is 12.2. The Balaban J connectivity index is 2.87. The smallest absolute Gasteiger partial charge is 0.338 e. The maximum atomic E-state index is 11.3. The quantitative estimate of drug-likeness (QED) is 0.745. The highest BCUT2D eigenvalue weighted by molar-refractivity contribution is 5.90. The van der Waals surface area contributed by atoms with E-state index >= 15 is 0 Å². The number of nitrogens with one attached hydrogen (secondary N) is 1. The molecule has 0 aromatic carbocycles. The van der Waals surface area contributed by atoms with Crippen LogP contribution in [0.5, 0.6) is 0 Å². The minimum absolute atomic E-state index is 0.262. The lowest BCUT2D eigenvalue weighted by molar-refractivity contribution is 0.0600. The SMILES string of the molecule is COC(=O)c1ccnc(NC(C)(C)CN)c1. The van der Waals surface area contributed by atoms with Crippen LogP contribution in [0.4, 0.5) is 5.82 Å². The van der Waals surface area contributed by atoms with Crippen molar-refractivity contribution < 1.29 is 9.53 Å². The second-order valence-corrected chi connectivity index (χ2v) is 4.13. The summed E-state index contributed by atoms with van der Waals surface area (Å²) in [5, 5.41) is 3.14. The van der Waals surface area contributed by atoms with Gasteiger partial charge >= 0.3 is 5.97 Å². The molecule has 1 aromatic heterocycles. The third kappa shape index (κ3) is 3.20. The Morgan fingerprint density at radius 3 is 2.88 bits per heavy atom. The summed E-state index contributed by atoms with van der Waals surface area (Å²) >= 11 is 0. The number of nitrogens with zero attached hydrogens (tertiary/aromatic N) is 1. The Morgan fingerprint density at radius 2 is 2.31 bits per heavy atom. The molecule has 16 heavy (non-hydrogen) atoms. The van der Waals surface area contributed by atoms with Crippen LogP contribution in [0.1, 0.15) is 24.2 Å². The topological polar surface area (TPSA) is 77.2 Å². The van der Waals surface area contributed by atoms with E-state index < -0.39 is 0 Å². The van der Waals surface area contributed by atoms with Crippen LogP contribution >= 0.6 is 0 Å². The van der Waals surface area contributed by atoms with Gasteiger partial charge in [-0.25, -0.2) is 9.78 Å². The van der Waals surface area contributed by atoms with Gasteiger partial charge in [-0.1, -0.05) is 0 Å². The normalized spacial score (nSPS) is 11.0. The third-order valence-corrected chi connectivity index (χ3v) is 2.16. The molecule has 0 amide bonds. The molecule has 1 aromatic rings. The summed E-state index contributed by atoms with van der Waals surface area (Å²) < 4.78 is 4.63. The van der Waals surface area contributed by atoms with Crippen LogP contribution in [0, 0.1) is 0 Å². The highest BCUT2D eigenvalue weighted by Gasteiger charge is 2.16. The van der Waals surface area contributed by atoms with Gasteiger partial charge in [-0.15, -0.1) is 0 Å². The number of anilines is 1. The van der Waals surface area contributed by atoms with Crippen LogP contribution < -0.4 is 11.1 Å². The van der Waals surface area contributed by atoms with Crippen molar-refractivity contribution in [1.29, 1.82) is 0 Å². The van der Waals surface area contributed by atoms with Crippen molar-refractivity contribution in [3.63, 3.8) is 0 Å². The first kappa shape index (κ1) is 12.4. The van der Waals surface area contributed by atoms with Crippen LogP contribution in [0.2, 0.25) is 0 Å². The summed E-state index contributed by atoms with van der Waals surface area (Å²) in [7, 11) is 1.35. The fourth-order valence-electron chi connectivity index (χ4n) is 1.14. The second-order valence-electron chi connectivity index (χ2n) is 4.13. The molecule has 0 aliphatic carbocycles. The lowest BCUT2D eigenvalue weighted by Crippen LogP contribution is -2.39. The molecule has 0 radical (unpaired) electrons. The number of pyridine rings is 1. The molecule has 5 nitrogen and oxygen atoms in total. The molecular weight excluding hydrogens is 206 g/mol. The van der Waals surface area contributed by atoms with Crippen molar-refractivity contribution in [3.05, 3.63) is 23.9 Å². The van der Waals surface area contributed by atoms with Crippen molar-refractivity contribution in [2.75, 3.05) is 19.0 Å². The lowest BCUT2D eigenvalue weighted by Gasteiger charge is -2.24. The van der Waals surface area contributed by atoms with E-state index in [2.05, 4.69) is 15.0 Å². The van der Waals surface area contributed by atoms with Gasteiger partial charge < -0.3 is 15.8 Å². The maximum Gasteiger partial charge on any atom is 0.338 e. The minimum Gasteiger partial charge on any atom is -0.465 e. The highest BCUT2D eigenvalue weighted by atomic mass is 16.5. The number of methoxy groups -OCH3 is 1. The largest absolute Gasteiger partial charge is 0.465 e. The monoisotopic (exact) mass is 223 g/mol. The molecule has 0 aliphatic rings. The van der Waals surface area contributed by atoms with Gasteiger partial charge in [0.05, 0.1) is 12.7 Å². The highest BCUT2D eigenvalue weighted by Crippen LogP contribution is 2.13. The van der Waals surface area contributed by atoms with E-state index in [1.54, 1.807) is 18.3 Å². The Hall–Kier alpha value is -1.62. The first-order valence-electron chi connectivity index (χ1n) is 5.01. The van der Waals surface area contributed by atoms with Crippen molar-refractivity contribution in [2.45, 2.75) is 19.4 Å². The molecule has 0 saturated heterocycles. The van der Waals surface area contributed by atoms with Gasteiger partial charge in [0, 0.05) is 18.3 Å². The van der Waals surface area contributed by atoms with Crippen LogP contribution in [-0.4, -0.2) is 30.1 Å². The predicted octanol–water partition coefficient (Wildman–Crippen LogP) is 1.02. The van der Waals surface area contributed by atoms with Crippen LogP contribution in [0.25, 0.3) is 0 Å². The van der Waals surface area contributed by atoms with Crippen molar-refractivity contribution in [3.8, 4) is 0 Å². The number of rotatable bonds is 4. The van der Waals surface area contributed by atoms with E-state index in [1.807, 2.05) is 13.8 Å². The fourth-order valence-corrected chi connectivity index (χ4v) is 1.14. The van der Waals surface area contributed by atoms with Gasteiger partial charge in [-0.2, -0.15) is 0 Å². The van der Waals surface area contributed by atoms with Gasteiger partial charge in [0.2, 0.25) is 0 Å². The summed E-state index contributed by atoms with van der Waals surface area (Å²) in [6, 6.07) is 3.25. The van der Waals surface area contributed by atoms with Gasteiger partial charge in [-0.3, -0.25) is 0 Å². The number of ether oxygens (including phenoxy) is 1. The number of carbonyl (C=O) groups is 1. The summed E-state index contributed by atoms with van der Waals surface area (Å²) in [4.78, 5) is 15.4. The Bertz CT molecular complexity index is 377. The van der Waals surface area contributed by atoms with Crippen molar-refractivity contribution >= 4 is 11.8 Å². The zero-order valence-corrected chi connectivity index (χ0v) is 9.78. The molecule has 0 unspecified atom stereocenters. The van der Waals surface area contributed by atoms with Crippen LogP contribution in [0.3, 0.4) is 0 Å². The minimum atomic E-state index is -0.379. The molecular formula is C11H17N3O2. The number of carbonyl (C=O) groups excluding carboxylic acids is 1. The molecule has 0 spiro atoms. The molecule has 1 rings (SSSR count). The molecule has 0 fully saturated rings. The van der Waals surface area contributed by atoms with Gasteiger partial charge in [0.15, 0.2) is 0 Å². The number of aromatic nitrogens is 1. The summed E-state index contributed by atoms with van der Waals surface area (Å²) in [6.07, 6.45) is 1.56. The average molecular weight is 223 g/mol. The molecule has 1 heterocycles. The van der Waals surface area contributed by atoms with E-state index in [9.17, 15) is 4.79 Å². The Kier molecular flexibility index (Phi) is 3.84. The van der Waals surface area contributed by atoms with E-state index in [0.29, 0.717) is 17.9 Å². The standard InChI is InChI=1S/C11H17N3O2/c1-11(2,7-12)14-9-6-8(4-5-13-9)10(15)16-3/h4-6H,7,12H2,1-3H3,(H,13,14). The van der Waals surface area contributed by atoms with E-state index in [4.69, 9.17) is 5.73 Å². The second kappa shape index (κ2) is 4.94. The average Bonchev–Trinajstić information content (AvgIpc) is 2.28. The van der Waals surface area contributed by atoms with Gasteiger partial charge in [-0.05, 0) is 26.0 Å². The number of hydrogen-bond acceptors (Lipinski definition) is 5. The van der Waals surface area contributed by atoms with E-state index in [0.717, 1.165) is 0 Å². The van der Waals surface area contributed by atoms with Gasteiger partial charge in [0.1, 0.15) is 5.82 Å². The Labute approximate surface area is 95.0 Å². The molecule has 0 saturated carbocycles. The molecule has 3 N–H and O–H groups in total. The first-order valence-corrected chi connectivity index (χ1v) is 5.01. The predicted molar refractivity (Wildman–Crippen MR) is 62.3 cm³/mol. The summed E-state index contributed by atoms with van der Waals surface area (Å²) in [6.45, 7) is 4.39. The molecule has 88 valence electrons. The van der Waals surface area contributed by atoms with Gasteiger partial charge in [0.25, 0.3) is 0 Å².